The van der Waals surface area contributed by atoms with Gasteiger partial charge in [0.2, 0.25) is 5.91 Å². The summed E-state index contributed by atoms with van der Waals surface area (Å²) in [6.45, 7) is 1.96. The first-order chi connectivity index (χ1) is 8.56. The van der Waals surface area contributed by atoms with E-state index in [2.05, 4.69) is 5.32 Å². The topological polar surface area (TPSA) is 64.3 Å². The third-order valence-electron chi connectivity index (χ3n) is 3.09. The Hall–Kier alpha value is -1.62. The summed E-state index contributed by atoms with van der Waals surface area (Å²) in [6.07, 6.45) is 1.56. The summed E-state index contributed by atoms with van der Waals surface area (Å²) >= 11 is 0. The predicted molar refractivity (Wildman–Crippen MR) is 66.6 cm³/mol. The van der Waals surface area contributed by atoms with Gasteiger partial charge in [-0.3, -0.25) is 4.79 Å². The average molecular weight is 252 g/mol. The lowest BCUT2D eigenvalue weighted by Crippen LogP contribution is -2.44. The van der Waals surface area contributed by atoms with Gasteiger partial charge in [-0.05, 0) is 38.0 Å². The summed E-state index contributed by atoms with van der Waals surface area (Å²) in [5.74, 6) is -0.845. The summed E-state index contributed by atoms with van der Waals surface area (Å²) in [6, 6.07) is 5.31. The lowest BCUT2D eigenvalue weighted by molar-refractivity contribution is -0.121. The first-order valence-corrected chi connectivity index (χ1v) is 6.03. The van der Waals surface area contributed by atoms with Crippen molar-refractivity contribution in [1.29, 1.82) is 0 Å². The van der Waals surface area contributed by atoms with Crippen LogP contribution in [-0.2, 0) is 9.53 Å². The van der Waals surface area contributed by atoms with E-state index in [1.165, 1.54) is 12.1 Å². The molecule has 2 rings (SSSR count). The van der Waals surface area contributed by atoms with Crippen LogP contribution in [0.3, 0.4) is 0 Å². The normalized spacial score (nSPS) is 24.8. The zero-order valence-electron chi connectivity index (χ0n) is 10.2. The van der Waals surface area contributed by atoms with Crippen LogP contribution in [-0.4, -0.2) is 24.2 Å². The number of halogens is 1. The van der Waals surface area contributed by atoms with Gasteiger partial charge in [0.25, 0.3) is 0 Å². The van der Waals surface area contributed by atoms with Gasteiger partial charge in [-0.25, -0.2) is 4.39 Å². The van der Waals surface area contributed by atoms with Crippen LogP contribution in [0.15, 0.2) is 24.3 Å². The Morgan fingerprint density at radius 3 is 2.89 bits per heavy atom. The molecule has 1 aliphatic heterocycles. The number of carbonyl (C=O) groups is 1. The van der Waals surface area contributed by atoms with E-state index in [0.717, 1.165) is 12.8 Å². The first kappa shape index (κ1) is 12.8. The van der Waals surface area contributed by atoms with Crippen LogP contribution in [0.4, 0.5) is 10.1 Å². The molecule has 1 fully saturated rings. The van der Waals surface area contributed by atoms with Crippen LogP contribution < -0.4 is 11.1 Å². The number of anilines is 1. The Labute approximate surface area is 105 Å². The van der Waals surface area contributed by atoms with Crippen molar-refractivity contribution in [3.63, 3.8) is 0 Å². The fraction of sp³-hybridized carbons (Fsp3) is 0.462. The highest BCUT2D eigenvalue weighted by molar-refractivity contribution is 5.83. The monoisotopic (exact) mass is 252 g/mol. The van der Waals surface area contributed by atoms with Crippen LogP contribution in [0.5, 0.6) is 0 Å². The van der Waals surface area contributed by atoms with Crippen molar-refractivity contribution in [3.05, 3.63) is 30.1 Å². The van der Waals surface area contributed by atoms with E-state index in [0.29, 0.717) is 5.69 Å². The SMILES string of the molecule is CC1CCC(C(Nc2cccc(F)c2)C(N)=O)O1. The first-order valence-electron chi connectivity index (χ1n) is 6.03. The van der Waals surface area contributed by atoms with Gasteiger partial charge in [-0.2, -0.15) is 0 Å². The van der Waals surface area contributed by atoms with E-state index >= 15 is 0 Å². The lowest BCUT2D eigenvalue weighted by atomic mass is 10.1. The molecule has 18 heavy (non-hydrogen) atoms. The van der Waals surface area contributed by atoms with Gasteiger partial charge in [0.05, 0.1) is 12.2 Å². The van der Waals surface area contributed by atoms with Gasteiger partial charge in [-0.1, -0.05) is 6.07 Å². The van der Waals surface area contributed by atoms with E-state index < -0.39 is 11.9 Å². The molecule has 1 aliphatic rings. The Morgan fingerprint density at radius 2 is 2.33 bits per heavy atom. The third kappa shape index (κ3) is 2.98. The maximum absolute atomic E-state index is 13.1. The van der Waals surface area contributed by atoms with Crippen LogP contribution in [0, 0.1) is 5.82 Å². The van der Waals surface area contributed by atoms with Gasteiger partial charge in [0.1, 0.15) is 11.9 Å². The number of carbonyl (C=O) groups excluding carboxylic acids is 1. The zero-order chi connectivity index (χ0) is 13.1. The highest BCUT2D eigenvalue weighted by Gasteiger charge is 2.33. The van der Waals surface area contributed by atoms with Crippen LogP contribution in [0.2, 0.25) is 0 Å². The number of nitrogens with one attached hydrogen (secondary N) is 1. The van der Waals surface area contributed by atoms with Crippen molar-refractivity contribution in [2.45, 2.75) is 38.0 Å². The molecule has 3 atom stereocenters. The molecule has 1 aromatic rings. The second-order valence-electron chi connectivity index (χ2n) is 4.60. The minimum atomic E-state index is -0.628. The summed E-state index contributed by atoms with van der Waals surface area (Å²) in [5.41, 5.74) is 5.90. The van der Waals surface area contributed by atoms with E-state index in [-0.39, 0.29) is 18.0 Å². The minimum Gasteiger partial charge on any atom is -0.373 e. The largest absolute Gasteiger partial charge is 0.373 e. The molecule has 3 unspecified atom stereocenters. The Balaban J connectivity index is 2.09. The van der Waals surface area contributed by atoms with Crippen molar-refractivity contribution in [2.75, 3.05) is 5.32 Å². The zero-order valence-corrected chi connectivity index (χ0v) is 10.2. The third-order valence-corrected chi connectivity index (χ3v) is 3.09. The Morgan fingerprint density at radius 1 is 1.56 bits per heavy atom. The molecule has 1 amide bonds. The molecule has 0 aromatic heterocycles. The van der Waals surface area contributed by atoms with E-state index in [4.69, 9.17) is 10.5 Å². The summed E-state index contributed by atoms with van der Waals surface area (Å²) in [5, 5.41) is 2.94. The standard InChI is InChI=1S/C13H17FN2O2/c1-8-5-6-11(18-8)12(13(15)17)16-10-4-2-3-9(14)7-10/h2-4,7-8,11-12,16H,5-6H2,1H3,(H2,15,17). The number of nitrogens with two attached hydrogens (primary N) is 1. The van der Waals surface area contributed by atoms with E-state index in [1.807, 2.05) is 6.92 Å². The van der Waals surface area contributed by atoms with Crippen LogP contribution >= 0.6 is 0 Å². The number of hydrogen-bond acceptors (Lipinski definition) is 3. The maximum atomic E-state index is 13.1. The Kier molecular flexibility index (Phi) is 3.81. The van der Waals surface area contributed by atoms with Crippen molar-refractivity contribution in [3.8, 4) is 0 Å². The van der Waals surface area contributed by atoms with Crippen molar-refractivity contribution in [2.24, 2.45) is 5.73 Å². The smallest absolute Gasteiger partial charge is 0.242 e. The summed E-state index contributed by atoms with van der Waals surface area (Å²) in [4.78, 5) is 11.5. The van der Waals surface area contributed by atoms with Gasteiger partial charge in [0.15, 0.2) is 0 Å². The molecule has 0 spiro atoms. The fourth-order valence-corrected chi connectivity index (χ4v) is 2.18. The molecule has 1 heterocycles. The fourth-order valence-electron chi connectivity index (χ4n) is 2.18. The van der Waals surface area contributed by atoms with E-state index in [9.17, 15) is 9.18 Å². The summed E-state index contributed by atoms with van der Waals surface area (Å²) in [7, 11) is 0. The molecule has 98 valence electrons. The molecular weight excluding hydrogens is 235 g/mol. The van der Waals surface area contributed by atoms with Gasteiger partial charge < -0.3 is 15.8 Å². The number of benzene rings is 1. The average Bonchev–Trinajstić information content (AvgIpc) is 2.72. The number of ether oxygens (including phenoxy) is 1. The second kappa shape index (κ2) is 5.35. The Bertz CT molecular complexity index is 439. The van der Waals surface area contributed by atoms with Crippen molar-refractivity contribution >= 4 is 11.6 Å². The molecule has 3 N–H and O–H groups in total. The highest BCUT2D eigenvalue weighted by Crippen LogP contribution is 2.24. The molecule has 1 saturated heterocycles. The number of hydrogen-bond donors (Lipinski definition) is 2. The number of primary amides is 1. The summed E-state index contributed by atoms with van der Waals surface area (Å²) < 4.78 is 18.7. The van der Waals surface area contributed by atoms with Gasteiger partial charge >= 0.3 is 0 Å². The second-order valence-corrected chi connectivity index (χ2v) is 4.60. The van der Waals surface area contributed by atoms with E-state index in [1.54, 1.807) is 12.1 Å². The predicted octanol–water partition coefficient (Wildman–Crippen LogP) is 1.66. The quantitative estimate of drug-likeness (QED) is 0.856. The molecule has 0 saturated carbocycles. The number of rotatable bonds is 4. The lowest BCUT2D eigenvalue weighted by Gasteiger charge is -2.22. The molecule has 0 aliphatic carbocycles. The van der Waals surface area contributed by atoms with Crippen LogP contribution in [0.25, 0.3) is 0 Å². The minimum absolute atomic E-state index is 0.131. The van der Waals surface area contributed by atoms with Crippen molar-refractivity contribution < 1.29 is 13.9 Å². The molecule has 0 bridgehead atoms. The highest BCUT2D eigenvalue weighted by atomic mass is 19.1. The molecule has 0 radical (unpaired) electrons. The molecular formula is C13H17FN2O2. The maximum Gasteiger partial charge on any atom is 0.242 e. The van der Waals surface area contributed by atoms with Crippen molar-refractivity contribution in [1.82, 2.24) is 0 Å². The van der Waals surface area contributed by atoms with Crippen LogP contribution in [0.1, 0.15) is 19.8 Å². The molecule has 5 heteroatoms. The number of amides is 1. The van der Waals surface area contributed by atoms with Gasteiger partial charge in [0, 0.05) is 5.69 Å². The van der Waals surface area contributed by atoms with Gasteiger partial charge in [-0.15, -0.1) is 0 Å². The molecule has 1 aromatic carbocycles. The molecule has 4 nitrogen and oxygen atoms in total.